The molecule has 2 saturated heterocycles. The van der Waals surface area contributed by atoms with Gasteiger partial charge in [-0.2, -0.15) is 4.98 Å². The van der Waals surface area contributed by atoms with Crippen LogP contribution in [0.25, 0.3) is 17.2 Å². The molecule has 214 valence electrons. The molecule has 0 bridgehead atoms. The van der Waals surface area contributed by atoms with E-state index in [2.05, 4.69) is 22.1 Å². The molecule has 3 fully saturated rings. The molecule has 6 rings (SSSR count). The van der Waals surface area contributed by atoms with Crippen LogP contribution in [0.5, 0.6) is 5.88 Å². The van der Waals surface area contributed by atoms with Gasteiger partial charge in [0.25, 0.3) is 0 Å². The van der Waals surface area contributed by atoms with Gasteiger partial charge in [0.2, 0.25) is 5.88 Å². The number of ketones is 1. The maximum atomic E-state index is 13.1. The van der Waals surface area contributed by atoms with Gasteiger partial charge in [-0.3, -0.25) is 9.79 Å². The molecule has 2 aromatic rings. The summed E-state index contributed by atoms with van der Waals surface area (Å²) in [6.45, 7) is 3.89. The SMILES string of the molecule is CN1CCC[C@H]1COc1cc(/C(N)=C/C=NC[C@H]2CCOC2)nc(-c2noc3c2CCC[C@@]32CCCCC2=O)n1. The van der Waals surface area contributed by atoms with E-state index in [1.54, 1.807) is 18.4 Å². The molecule has 0 amide bonds. The van der Waals surface area contributed by atoms with Gasteiger partial charge in [0.1, 0.15) is 12.4 Å². The van der Waals surface area contributed by atoms with Crippen LogP contribution in [-0.4, -0.2) is 78.0 Å². The first kappa shape index (κ1) is 27.1. The average molecular weight is 549 g/mol. The molecular formula is C30H40N6O4. The lowest BCUT2D eigenvalue weighted by molar-refractivity contribution is -0.128. The van der Waals surface area contributed by atoms with Crippen LogP contribution in [0.1, 0.15) is 74.8 Å². The van der Waals surface area contributed by atoms with Crippen molar-refractivity contribution >= 4 is 17.7 Å². The van der Waals surface area contributed by atoms with Crippen LogP contribution >= 0.6 is 0 Å². The van der Waals surface area contributed by atoms with Crippen molar-refractivity contribution in [3.63, 3.8) is 0 Å². The van der Waals surface area contributed by atoms with Gasteiger partial charge in [0.15, 0.2) is 17.3 Å². The van der Waals surface area contributed by atoms with Gasteiger partial charge in [-0.1, -0.05) is 11.6 Å². The molecule has 4 heterocycles. The number of allylic oxidation sites excluding steroid dienone is 1. The van der Waals surface area contributed by atoms with Crippen molar-refractivity contribution < 1.29 is 18.8 Å². The van der Waals surface area contributed by atoms with Crippen molar-refractivity contribution in [3.8, 4) is 17.4 Å². The fraction of sp³-hybridized carbons (Fsp3) is 0.633. The fourth-order valence-corrected chi connectivity index (χ4v) is 6.65. The van der Waals surface area contributed by atoms with E-state index < -0.39 is 5.41 Å². The summed E-state index contributed by atoms with van der Waals surface area (Å²) in [6.07, 6.45) is 12.7. The highest BCUT2D eigenvalue weighted by Crippen LogP contribution is 2.47. The second-order valence-electron chi connectivity index (χ2n) is 11.8. The lowest BCUT2D eigenvalue weighted by Crippen LogP contribution is -2.41. The van der Waals surface area contributed by atoms with E-state index in [0.29, 0.717) is 66.1 Å². The predicted molar refractivity (Wildman–Crippen MR) is 151 cm³/mol. The van der Waals surface area contributed by atoms with Gasteiger partial charge in [-0.05, 0) is 71.0 Å². The minimum atomic E-state index is -0.555. The number of hydrogen-bond acceptors (Lipinski definition) is 10. The van der Waals surface area contributed by atoms with Crippen LogP contribution in [0.4, 0.5) is 0 Å². The number of carbonyl (C=O) groups is 1. The Balaban J connectivity index is 1.31. The van der Waals surface area contributed by atoms with E-state index in [-0.39, 0.29) is 5.78 Å². The van der Waals surface area contributed by atoms with Crippen molar-refractivity contribution in [2.24, 2.45) is 16.6 Å². The van der Waals surface area contributed by atoms with E-state index in [0.717, 1.165) is 76.7 Å². The summed E-state index contributed by atoms with van der Waals surface area (Å²) in [5.74, 6) is 2.32. The van der Waals surface area contributed by atoms with E-state index in [4.69, 9.17) is 29.7 Å². The Morgan fingerprint density at radius 3 is 2.92 bits per heavy atom. The third-order valence-corrected chi connectivity index (χ3v) is 9.10. The molecule has 2 aromatic heterocycles. The lowest BCUT2D eigenvalue weighted by atomic mass is 9.64. The summed E-state index contributed by atoms with van der Waals surface area (Å²) < 4.78 is 17.6. The second kappa shape index (κ2) is 11.8. The molecule has 10 nitrogen and oxygen atoms in total. The minimum Gasteiger partial charge on any atom is -0.476 e. The van der Waals surface area contributed by atoms with Crippen LogP contribution < -0.4 is 10.5 Å². The highest BCUT2D eigenvalue weighted by atomic mass is 16.5. The first-order valence-corrected chi connectivity index (χ1v) is 14.8. The molecule has 0 unspecified atom stereocenters. The third-order valence-electron chi connectivity index (χ3n) is 9.10. The van der Waals surface area contributed by atoms with Crippen LogP contribution in [0.15, 0.2) is 21.7 Å². The highest BCUT2D eigenvalue weighted by molar-refractivity contribution is 5.91. The van der Waals surface area contributed by atoms with E-state index in [1.807, 2.05) is 0 Å². The van der Waals surface area contributed by atoms with Crippen molar-refractivity contribution in [1.29, 1.82) is 0 Å². The Bertz CT molecular complexity index is 1280. The van der Waals surface area contributed by atoms with Crippen LogP contribution in [0, 0.1) is 5.92 Å². The number of ether oxygens (including phenoxy) is 2. The topological polar surface area (TPSA) is 129 Å². The van der Waals surface area contributed by atoms with Crippen LogP contribution in [-0.2, 0) is 21.4 Å². The third kappa shape index (κ3) is 5.43. The Morgan fingerprint density at radius 2 is 2.12 bits per heavy atom. The number of rotatable bonds is 8. The molecule has 2 aliphatic carbocycles. The van der Waals surface area contributed by atoms with Crippen molar-refractivity contribution in [1.82, 2.24) is 20.0 Å². The zero-order valence-corrected chi connectivity index (χ0v) is 23.4. The molecule has 2 N–H and O–H groups in total. The van der Waals surface area contributed by atoms with Gasteiger partial charge in [-0.25, -0.2) is 4.98 Å². The highest BCUT2D eigenvalue weighted by Gasteiger charge is 2.48. The number of nitrogens with two attached hydrogens (primary N) is 1. The zero-order valence-electron chi connectivity index (χ0n) is 23.4. The minimum absolute atomic E-state index is 0.275. The fourth-order valence-electron chi connectivity index (χ4n) is 6.65. The summed E-state index contributed by atoms with van der Waals surface area (Å²) in [5, 5.41) is 4.45. The molecule has 3 atom stereocenters. The van der Waals surface area contributed by atoms with Crippen LogP contribution in [0.2, 0.25) is 0 Å². The number of carbonyl (C=O) groups excluding carboxylic acids is 1. The molecule has 4 aliphatic rings. The second-order valence-corrected chi connectivity index (χ2v) is 11.8. The number of nitrogens with zero attached hydrogens (tertiary/aromatic N) is 5. The Morgan fingerprint density at radius 1 is 1.23 bits per heavy atom. The summed E-state index contributed by atoms with van der Waals surface area (Å²) in [6, 6.07) is 2.13. The quantitative estimate of drug-likeness (QED) is 0.491. The largest absolute Gasteiger partial charge is 0.476 e. The number of likely N-dealkylation sites (tertiary alicyclic amines) is 1. The zero-order chi connectivity index (χ0) is 27.5. The van der Waals surface area contributed by atoms with Crippen LogP contribution in [0.3, 0.4) is 0 Å². The smallest absolute Gasteiger partial charge is 0.217 e. The van der Waals surface area contributed by atoms with Gasteiger partial charge in [0, 0.05) is 49.4 Å². The van der Waals surface area contributed by atoms with E-state index >= 15 is 0 Å². The predicted octanol–water partition coefficient (Wildman–Crippen LogP) is 3.73. The molecule has 1 spiro atoms. The summed E-state index contributed by atoms with van der Waals surface area (Å²) in [7, 11) is 2.12. The Labute approximate surface area is 235 Å². The van der Waals surface area contributed by atoms with Gasteiger partial charge >= 0.3 is 0 Å². The van der Waals surface area contributed by atoms with Crippen molar-refractivity contribution in [2.45, 2.75) is 75.7 Å². The number of Topliss-reactive ketones (excluding diaryl/α,β-unsaturated/α-hetero) is 1. The van der Waals surface area contributed by atoms with Gasteiger partial charge < -0.3 is 24.6 Å². The standard InChI is InChI=1S/C30H40N6O4/c1-36-14-5-6-21(36)19-39-26-16-24(23(31)9-13-32-17-20-10-15-38-18-20)33-29(34-26)27-22-7-4-12-30(28(22)40-35-27)11-3-2-8-25(30)37/h9,13,16,20-21H,2-8,10-12,14-15,17-19,31H2,1H3/b23-9-,32-13?/t20-,21+,30-/m1/s1. The van der Waals surface area contributed by atoms with Crippen molar-refractivity contribution in [3.05, 3.63) is 29.2 Å². The molecular weight excluding hydrogens is 508 g/mol. The maximum Gasteiger partial charge on any atom is 0.217 e. The van der Waals surface area contributed by atoms with Gasteiger partial charge in [-0.15, -0.1) is 0 Å². The molecule has 1 saturated carbocycles. The van der Waals surface area contributed by atoms with Crippen molar-refractivity contribution in [2.75, 3.05) is 40.0 Å². The molecule has 2 aliphatic heterocycles. The molecule has 0 aromatic carbocycles. The summed E-state index contributed by atoms with van der Waals surface area (Å²) >= 11 is 0. The number of likely N-dealkylation sites (N-methyl/N-ethyl adjacent to an activating group) is 1. The van der Waals surface area contributed by atoms with E-state index in [9.17, 15) is 4.79 Å². The lowest BCUT2D eigenvalue weighted by Gasteiger charge is -2.36. The molecule has 0 radical (unpaired) electrons. The average Bonchev–Trinajstić information content (AvgIpc) is 3.73. The first-order chi connectivity index (χ1) is 19.5. The summed E-state index contributed by atoms with van der Waals surface area (Å²) in [4.78, 5) is 29.5. The Kier molecular flexibility index (Phi) is 7.98. The number of aromatic nitrogens is 3. The summed E-state index contributed by atoms with van der Waals surface area (Å²) in [5.41, 5.74) is 8.48. The maximum absolute atomic E-state index is 13.1. The normalized spacial score (nSPS) is 27.6. The molecule has 40 heavy (non-hydrogen) atoms. The van der Waals surface area contributed by atoms with Gasteiger partial charge in [0.05, 0.1) is 23.4 Å². The van der Waals surface area contributed by atoms with E-state index in [1.165, 1.54) is 6.42 Å². The number of hydrogen-bond donors (Lipinski definition) is 1. The monoisotopic (exact) mass is 548 g/mol. The number of fused-ring (bicyclic) bond motifs is 2. The number of aliphatic imine (C=N–C) groups is 1. The first-order valence-electron chi connectivity index (χ1n) is 14.8. The Hall–Kier alpha value is -3.11. The molecule has 10 heteroatoms.